The minimum atomic E-state index is -1.25. The van der Waals surface area contributed by atoms with Crippen molar-refractivity contribution in [1.29, 1.82) is 0 Å². The van der Waals surface area contributed by atoms with Crippen molar-refractivity contribution >= 4 is 24.1 Å². The van der Waals surface area contributed by atoms with Gasteiger partial charge in [-0.15, -0.1) is 0 Å². The van der Waals surface area contributed by atoms with Crippen LogP contribution in [-0.2, 0) is 5.85 Å². The van der Waals surface area contributed by atoms with Gasteiger partial charge in [0.1, 0.15) is 5.75 Å². The Balaban J connectivity index is 2.07. The maximum Gasteiger partial charge on any atom is 0.331 e. The Morgan fingerprint density at radius 2 is 1.67 bits per heavy atom. The van der Waals surface area contributed by atoms with Crippen molar-refractivity contribution in [3.63, 3.8) is 0 Å². The number of nitrogens with two attached hydrogens (primary N) is 2. The molecule has 1 aliphatic heterocycles. The van der Waals surface area contributed by atoms with Crippen LogP contribution in [0.1, 0.15) is 5.56 Å². The molecule has 0 unspecified atom stereocenters. The van der Waals surface area contributed by atoms with Crippen LogP contribution in [0.25, 0.3) is 0 Å². The van der Waals surface area contributed by atoms with E-state index < -0.39 is 5.85 Å². The summed E-state index contributed by atoms with van der Waals surface area (Å²) < 4.78 is 5.99. The maximum absolute atomic E-state index is 6.06. The molecule has 0 aromatic heterocycles. The molecule has 2 aromatic carbocycles. The van der Waals surface area contributed by atoms with Gasteiger partial charge in [-0.3, -0.25) is 0 Å². The summed E-state index contributed by atoms with van der Waals surface area (Å²) >= 11 is 0. The number of anilines is 2. The minimum Gasteiger partial charge on any atom is -0.443 e. The number of nitrogen functional groups attached to an aromatic ring is 2. The van der Waals surface area contributed by atoms with E-state index in [1.807, 2.05) is 30.3 Å². The lowest BCUT2D eigenvalue weighted by atomic mass is 10.1. The number of ether oxygens (including phenoxy) is 1. The highest BCUT2D eigenvalue weighted by molar-refractivity contribution is 5.78. The molecule has 2 aromatic rings. The molecule has 0 spiro atoms. The van der Waals surface area contributed by atoms with Gasteiger partial charge in [0.2, 0.25) is 0 Å². The highest BCUT2D eigenvalue weighted by atomic mass is 16.5. The van der Waals surface area contributed by atoms with Gasteiger partial charge in [0.25, 0.3) is 0 Å². The molecule has 6 heteroatoms. The Hall–Kier alpha value is -3.02. The van der Waals surface area contributed by atoms with Gasteiger partial charge in [0.05, 0.1) is 18.2 Å². The number of hydrogen-bond acceptors (Lipinski definition) is 6. The first kappa shape index (κ1) is 13.0. The molecule has 0 amide bonds. The smallest absolute Gasteiger partial charge is 0.331 e. The van der Waals surface area contributed by atoms with Crippen LogP contribution in [0.5, 0.6) is 5.75 Å². The number of para-hydroxylation sites is 1. The largest absolute Gasteiger partial charge is 0.443 e. The molecule has 106 valence electrons. The second kappa shape index (κ2) is 5.16. The zero-order valence-corrected chi connectivity index (χ0v) is 11.2. The molecular formula is C15H15N5O. The fraction of sp³-hybridized carbons (Fsp3) is 0.0667. The van der Waals surface area contributed by atoms with Crippen LogP contribution in [-0.4, -0.2) is 12.7 Å². The van der Waals surface area contributed by atoms with Crippen LogP contribution < -0.4 is 21.5 Å². The fourth-order valence-corrected chi connectivity index (χ4v) is 2.09. The van der Waals surface area contributed by atoms with Gasteiger partial charge in [-0.05, 0) is 30.3 Å². The molecule has 0 fully saturated rings. The summed E-state index contributed by atoms with van der Waals surface area (Å²) in [5, 5.41) is 2.80. The lowest BCUT2D eigenvalue weighted by Gasteiger charge is -2.29. The third-order valence-electron chi connectivity index (χ3n) is 3.06. The van der Waals surface area contributed by atoms with E-state index in [1.54, 1.807) is 18.2 Å². The first-order chi connectivity index (χ1) is 10.2. The summed E-state index contributed by atoms with van der Waals surface area (Å²) in [5.74, 6) is -0.602. The van der Waals surface area contributed by atoms with E-state index in [2.05, 4.69) is 15.3 Å². The van der Waals surface area contributed by atoms with Crippen molar-refractivity contribution in [3.8, 4) is 5.75 Å². The third-order valence-corrected chi connectivity index (χ3v) is 3.06. The SMILES string of the molecule is Nc1ccc(C2(Oc3ccccc3)N=CNC=N2)c(N)c1. The minimum absolute atomic E-state index is 0.474. The summed E-state index contributed by atoms with van der Waals surface area (Å²) in [7, 11) is 0. The summed E-state index contributed by atoms with van der Waals surface area (Å²) in [6, 6.07) is 14.5. The lowest BCUT2D eigenvalue weighted by molar-refractivity contribution is 0.0866. The summed E-state index contributed by atoms with van der Waals surface area (Å²) in [6.07, 6.45) is 3.04. The van der Waals surface area contributed by atoms with Crippen molar-refractivity contribution in [2.45, 2.75) is 5.85 Å². The molecule has 0 radical (unpaired) electrons. The number of nitrogens with zero attached hydrogens (tertiary/aromatic N) is 2. The number of hydrogen-bond donors (Lipinski definition) is 3. The first-order valence-corrected chi connectivity index (χ1v) is 6.43. The van der Waals surface area contributed by atoms with Gasteiger partial charge in [-0.1, -0.05) is 18.2 Å². The van der Waals surface area contributed by atoms with E-state index in [0.717, 1.165) is 0 Å². The van der Waals surface area contributed by atoms with E-state index in [4.69, 9.17) is 16.2 Å². The highest BCUT2D eigenvalue weighted by Crippen LogP contribution is 2.35. The summed E-state index contributed by atoms with van der Waals surface area (Å²) in [6.45, 7) is 0. The standard InChI is InChI=1S/C15H15N5O/c16-11-6-7-13(14(17)8-11)15(19-9-18-10-20-15)21-12-4-2-1-3-5-12/h1-10H,16-17H2,(H,18,19,20). The van der Waals surface area contributed by atoms with Crippen molar-refractivity contribution in [2.24, 2.45) is 9.98 Å². The molecule has 21 heavy (non-hydrogen) atoms. The Kier molecular flexibility index (Phi) is 3.19. The van der Waals surface area contributed by atoms with Crippen molar-refractivity contribution in [2.75, 3.05) is 11.5 Å². The predicted octanol–water partition coefficient (Wildman–Crippen LogP) is 1.70. The topological polar surface area (TPSA) is 98.0 Å². The molecule has 0 bridgehead atoms. The van der Waals surface area contributed by atoms with Gasteiger partial charge in [-0.2, -0.15) is 0 Å². The Morgan fingerprint density at radius 1 is 0.952 bits per heavy atom. The number of aliphatic imine (C=N–C) groups is 2. The monoisotopic (exact) mass is 281 g/mol. The zero-order valence-electron chi connectivity index (χ0n) is 11.2. The number of nitrogens with one attached hydrogen (secondary N) is 1. The second-order valence-electron chi connectivity index (χ2n) is 4.55. The fourth-order valence-electron chi connectivity index (χ4n) is 2.09. The van der Waals surface area contributed by atoms with Gasteiger partial charge < -0.3 is 21.5 Å². The van der Waals surface area contributed by atoms with Crippen LogP contribution in [0.2, 0.25) is 0 Å². The second-order valence-corrected chi connectivity index (χ2v) is 4.55. The van der Waals surface area contributed by atoms with E-state index in [0.29, 0.717) is 22.7 Å². The van der Waals surface area contributed by atoms with Gasteiger partial charge in [0, 0.05) is 11.4 Å². The van der Waals surface area contributed by atoms with E-state index >= 15 is 0 Å². The molecule has 3 rings (SSSR count). The van der Waals surface area contributed by atoms with Crippen LogP contribution >= 0.6 is 0 Å². The van der Waals surface area contributed by atoms with Crippen molar-refractivity contribution < 1.29 is 4.74 Å². The lowest BCUT2D eigenvalue weighted by Crippen LogP contribution is -2.35. The maximum atomic E-state index is 6.06. The molecular weight excluding hydrogens is 266 g/mol. The molecule has 1 aliphatic rings. The number of rotatable bonds is 3. The first-order valence-electron chi connectivity index (χ1n) is 6.43. The van der Waals surface area contributed by atoms with Crippen LogP contribution in [0, 0.1) is 0 Å². The average molecular weight is 281 g/mol. The van der Waals surface area contributed by atoms with Crippen molar-refractivity contribution in [1.82, 2.24) is 5.32 Å². The Labute approximate surface area is 122 Å². The van der Waals surface area contributed by atoms with Crippen molar-refractivity contribution in [3.05, 3.63) is 54.1 Å². The molecule has 0 saturated carbocycles. The van der Waals surface area contributed by atoms with Crippen LogP contribution in [0.15, 0.2) is 58.5 Å². The molecule has 1 heterocycles. The van der Waals surface area contributed by atoms with E-state index in [1.165, 1.54) is 12.7 Å². The van der Waals surface area contributed by atoms with Crippen LogP contribution in [0.4, 0.5) is 11.4 Å². The molecule has 5 N–H and O–H groups in total. The molecule has 6 nitrogen and oxygen atoms in total. The molecule has 0 saturated heterocycles. The number of benzene rings is 2. The van der Waals surface area contributed by atoms with Crippen LogP contribution in [0.3, 0.4) is 0 Å². The quantitative estimate of drug-likeness (QED) is 0.746. The predicted molar refractivity (Wildman–Crippen MR) is 84.1 cm³/mol. The van der Waals surface area contributed by atoms with Gasteiger partial charge in [0.15, 0.2) is 0 Å². The average Bonchev–Trinajstić information content (AvgIpc) is 2.49. The normalized spacial score (nSPS) is 15.4. The van der Waals surface area contributed by atoms with Gasteiger partial charge >= 0.3 is 5.85 Å². The van der Waals surface area contributed by atoms with E-state index in [9.17, 15) is 0 Å². The summed E-state index contributed by atoms with van der Waals surface area (Å²) in [4.78, 5) is 8.68. The Morgan fingerprint density at radius 3 is 2.33 bits per heavy atom. The van der Waals surface area contributed by atoms with E-state index in [-0.39, 0.29) is 0 Å². The molecule has 0 atom stereocenters. The summed E-state index contributed by atoms with van der Waals surface area (Å²) in [5.41, 5.74) is 13.5. The zero-order chi connectivity index (χ0) is 14.7. The third kappa shape index (κ3) is 2.51. The molecule has 0 aliphatic carbocycles. The Bertz CT molecular complexity index is 684. The van der Waals surface area contributed by atoms with Gasteiger partial charge in [-0.25, -0.2) is 9.98 Å². The highest BCUT2D eigenvalue weighted by Gasteiger charge is 2.36.